The van der Waals surface area contributed by atoms with Crippen LogP contribution in [0.5, 0.6) is 0 Å². The molecule has 0 heterocycles. The molecule has 2 bridgehead atoms. The number of ether oxygens (including phenoxy) is 1. The van der Waals surface area contributed by atoms with Crippen LogP contribution in [0.3, 0.4) is 0 Å². The summed E-state index contributed by atoms with van der Waals surface area (Å²) in [6.45, 7) is 7.65. The molecule has 0 saturated heterocycles. The van der Waals surface area contributed by atoms with Gasteiger partial charge in [0, 0.05) is 6.54 Å². The Morgan fingerprint density at radius 2 is 1.70 bits per heavy atom. The standard InChI is InChI=1S/C15H27NO.C6H8O7/c1-15(2)13-6-5-12(14(15)11-13)7-9-17-10-8-16(3)4;7-3(8)1-6(13,5(11)12)2-4(9)10/h5,13-14H,6-11H2,1-4H3;13H,1-2H2,(H,7,8)(H,9,10)(H,11,12). The topological polar surface area (TPSA) is 145 Å². The van der Waals surface area contributed by atoms with Gasteiger partial charge in [-0.2, -0.15) is 0 Å². The lowest BCUT2D eigenvalue weighted by Crippen LogP contribution is -2.48. The first-order chi connectivity index (χ1) is 13.8. The molecular weight excluding hydrogens is 394 g/mol. The van der Waals surface area contributed by atoms with Crippen LogP contribution >= 0.6 is 0 Å². The van der Waals surface area contributed by atoms with Gasteiger partial charge in [-0.05, 0) is 50.6 Å². The minimum Gasteiger partial charge on any atom is -0.481 e. The molecule has 1 fully saturated rings. The summed E-state index contributed by atoms with van der Waals surface area (Å²) in [5.74, 6) is -3.22. The molecule has 30 heavy (non-hydrogen) atoms. The van der Waals surface area contributed by atoms with E-state index in [-0.39, 0.29) is 0 Å². The third-order valence-corrected chi connectivity index (χ3v) is 6.09. The van der Waals surface area contributed by atoms with E-state index >= 15 is 0 Å². The van der Waals surface area contributed by atoms with Crippen LogP contribution in [-0.4, -0.2) is 82.7 Å². The highest BCUT2D eigenvalue weighted by Crippen LogP contribution is 2.59. The maximum Gasteiger partial charge on any atom is 0.336 e. The van der Waals surface area contributed by atoms with Crippen LogP contribution < -0.4 is 0 Å². The molecule has 0 aromatic rings. The highest BCUT2D eigenvalue weighted by atomic mass is 16.5. The number of hydrogen-bond acceptors (Lipinski definition) is 6. The lowest BCUT2D eigenvalue weighted by Gasteiger charge is -2.56. The van der Waals surface area contributed by atoms with E-state index < -0.39 is 36.4 Å². The highest BCUT2D eigenvalue weighted by molar-refractivity contribution is 5.88. The fourth-order valence-electron chi connectivity index (χ4n) is 4.01. The van der Waals surface area contributed by atoms with E-state index in [0.29, 0.717) is 5.41 Å². The number of carboxylic acid groups (broad SMARTS) is 3. The fraction of sp³-hybridized carbons (Fsp3) is 0.762. The monoisotopic (exact) mass is 429 g/mol. The molecule has 4 N–H and O–H groups in total. The maximum atomic E-state index is 10.3. The van der Waals surface area contributed by atoms with Gasteiger partial charge in [-0.3, -0.25) is 9.59 Å². The number of fused-ring (bicyclic) bond motifs is 1. The fourth-order valence-corrected chi connectivity index (χ4v) is 4.01. The lowest BCUT2D eigenvalue weighted by molar-refractivity contribution is -0.170. The second kappa shape index (κ2) is 10.9. The van der Waals surface area contributed by atoms with Crippen molar-refractivity contribution in [2.45, 2.75) is 51.6 Å². The van der Waals surface area contributed by atoms with E-state index in [1.54, 1.807) is 5.57 Å². The quantitative estimate of drug-likeness (QED) is 0.285. The number of aliphatic carboxylic acids is 3. The highest BCUT2D eigenvalue weighted by Gasteiger charge is 2.50. The molecule has 9 heteroatoms. The number of aliphatic hydroxyl groups is 1. The van der Waals surface area contributed by atoms with Crippen molar-refractivity contribution in [1.29, 1.82) is 0 Å². The van der Waals surface area contributed by atoms with Crippen LogP contribution in [0.2, 0.25) is 0 Å². The predicted molar refractivity (Wildman–Crippen MR) is 109 cm³/mol. The summed E-state index contributed by atoms with van der Waals surface area (Å²) in [4.78, 5) is 32.7. The van der Waals surface area contributed by atoms with E-state index in [0.717, 1.165) is 38.0 Å². The first-order valence-corrected chi connectivity index (χ1v) is 10.1. The van der Waals surface area contributed by atoms with Gasteiger partial charge in [-0.15, -0.1) is 0 Å². The van der Waals surface area contributed by atoms with Gasteiger partial charge in [0.25, 0.3) is 0 Å². The second-order valence-corrected chi connectivity index (χ2v) is 8.96. The summed E-state index contributed by atoms with van der Waals surface area (Å²) in [5, 5.41) is 33.8. The number of hydrogen-bond donors (Lipinski definition) is 4. The predicted octanol–water partition coefficient (Wildman–Crippen LogP) is 1.70. The van der Waals surface area contributed by atoms with E-state index in [1.807, 2.05) is 0 Å². The molecule has 0 radical (unpaired) electrons. The summed E-state index contributed by atoms with van der Waals surface area (Å²) < 4.78 is 5.70. The Morgan fingerprint density at radius 3 is 2.10 bits per heavy atom. The Morgan fingerprint density at radius 1 is 1.13 bits per heavy atom. The van der Waals surface area contributed by atoms with Gasteiger partial charge < -0.3 is 30.1 Å². The summed E-state index contributed by atoms with van der Waals surface area (Å²) in [6.07, 6.45) is 4.07. The number of allylic oxidation sites excluding steroid dienone is 1. The van der Waals surface area contributed by atoms with E-state index in [4.69, 9.17) is 25.2 Å². The number of carbonyl (C=O) groups is 3. The zero-order valence-corrected chi connectivity index (χ0v) is 18.3. The molecule has 1 saturated carbocycles. The first-order valence-electron chi connectivity index (χ1n) is 10.1. The average molecular weight is 430 g/mol. The van der Waals surface area contributed by atoms with Crippen LogP contribution in [0.25, 0.3) is 0 Å². The molecule has 0 amide bonds. The summed E-state index contributed by atoms with van der Waals surface area (Å²) in [6, 6.07) is 0. The Labute approximate surface area is 177 Å². The molecule has 2 atom stereocenters. The Hall–Kier alpha value is -1.97. The molecule has 0 aromatic carbocycles. The molecule has 0 aromatic heterocycles. The second-order valence-electron chi connectivity index (χ2n) is 8.96. The zero-order chi connectivity index (χ0) is 23.1. The smallest absolute Gasteiger partial charge is 0.336 e. The minimum absolute atomic E-state index is 0.563. The lowest BCUT2D eigenvalue weighted by atomic mass is 9.48. The van der Waals surface area contributed by atoms with Gasteiger partial charge >= 0.3 is 17.9 Å². The van der Waals surface area contributed by atoms with Crippen molar-refractivity contribution in [1.82, 2.24) is 4.90 Å². The molecule has 172 valence electrons. The van der Waals surface area contributed by atoms with Crippen LogP contribution in [0, 0.1) is 17.3 Å². The van der Waals surface area contributed by atoms with Crippen molar-refractivity contribution in [2.75, 3.05) is 33.9 Å². The van der Waals surface area contributed by atoms with Crippen molar-refractivity contribution >= 4 is 17.9 Å². The maximum absolute atomic E-state index is 10.3. The average Bonchev–Trinajstić information content (AvgIpc) is 2.60. The van der Waals surface area contributed by atoms with E-state index in [9.17, 15) is 14.4 Å². The first kappa shape index (κ1) is 26.1. The molecule has 2 unspecified atom stereocenters. The number of nitrogens with zero attached hydrogens (tertiary/aromatic N) is 1. The Balaban J connectivity index is 0.000000314. The van der Waals surface area contributed by atoms with Gasteiger partial charge in [0.2, 0.25) is 0 Å². The van der Waals surface area contributed by atoms with Gasteiger partial charge in [-0.1, -0.05) is 25.5 Å². The zero-order valence-electron chi connectivity index (χ0n) is 18.3. The SMILES string of the molecule is CN(C)CCOCCC1=CCC2CC1C2(C)C.O=C(O)CC(O)(CC(=O)O)C(=O)O. The number of likely N-dealkylation sites (N-methyl/N-ethyl adjacent to an activating group) is 1. The molecule has 3 rings (SSSR count). The number of carboxylic acids is 3. The van der Waals surface area contributed by atoms with Crippen LogP contribution in [0.4, 0.5) is 0 Å². The van der Waals surface area contributed by atoms with Crippen molar-refractivity contribution in [3.05, 3.63) is 11.6 Å². The van der Waals surface area contributed by atoms with E-state index in [1.165, 1.54) is 12.8 Å². The van der Waals surface area contributed by atoms with Crippen molar-refractivity contribution in [3.8, 4) is 0 Å². The summed E-state index contributed by atoms with van der Waals surface area (Å²) >= 11 is 0. The van der Waals surface area contributed by atoms with Crippen LogP contribution in [0.15, 0.2) is 11.6 Å². The van der Waals surface area contributed by atoms with Crippen molar-refractivity contribution in [3.63, 3.8) is 0 Å². The molecule has 3 aliphatic rings. The summed E-state index contributed by atoms with van der Waals surface area (Å²) in [5.41, 5.74) is -0.506. The molecule has 9 nitrogen and oxygen atoms in total. The molecule has 0 spiro atoms. The van der Waals surface area contributed by atoms with Crippen molar-refractivity contribution in [2.24, 2.45) is 17.3 Å². The van der Waals surface area contributed by atoms with E-state index in [2.05, 4.69) is 38.9 Å². The summed E-state index contributed by atoms with van der Waals surface area (Å²) in [7, 11) is 4.17. The number of rotatable bonds is 11. The Kier molecular flexibility index (Phi) is 9.45. The van der Waals surface area contributed by atoms with Crippen LogP contribution in [-0.2, 0) is 19.1 Å². The van der Waals surface area contributed by atoms with Crippen molar-refractivity contribution < 1.29 is 39.5 Å². The van der Waals surface area contributed by atoms with Gasteiger partial charge in [0.15, 0.2) is 5.60 Å². The third-order valence-electron chi connectivity index (χ3n) is 6.09. The molecular formula is C21H35NO8. The van der Waals surface area contributed by atoms with Gasteiger partial charge in [0.05, 0.1) is 26.1 Å². The minimum atomic E-state index is -2.74. The molecule has 0 aliphatic heterocycles. The normalized spacial score (nSPS) is 21.7. The van der Waals surface area contributed by atoms with Crippen LogP contribution in [0.1, 0.15) is 46.0 Å². The Bertz CT molecular complexity index is 639. The molecule has 3 aliphatic carbocycles. The van der Waals surface area contributed by atoms with Gasteiger partial charge in [0.1, 0.15) is 0 Å². The largest absolute Gasteiger partial charge is 0.481 e. The third kappa shape index (κ3) is 7.37. The van der Waals surface area contributed by atoms with Gasteiger partial charge in [-0.25, -0.2) is 4.79 Å².